The minimum Gasteiger partial charge on any atom is -0.349 e. The van der Waals surface area contributed by atoms with E-state index in [1.54, 1.807) is 12.1 Å². The zero-order chi connectivity index (χ0) is 15.4. The van der Waals surface area contributed by atoms with Crippen molar-refractivity contribution in [3.05, 3.63) is 35.6 Å². The fraction of sp³-hybridized carbons (Fsp3) is 0.611. The number of rotatable bonds is 4. The Labute approximate surface area is 143 Å². The maximum atomic E-state index is 13.6. The van der Waals surface area contributed by atoms with Gasteiger partial charge < -0.3 is 10.6 Å². The van der Waals surface area contributed by atoms with Crippen molar-refractivity contribution in [2.75, 3.05) is 13.1 Å². The molecule has 0 spiro atoms. The highest BCUT2D eigenvalue weighted by Gasteiger charge is 2.30. The van der Waals surface area contributed by atoms with Gasteiger partial charge in [0.15, 0.2) is 0 Å². The summed E-state index contributed by atoms with van der Waals surface area (Å²) >= 11 is 0. The zero-order valence-corrected chi connectivity index (χ0v) is 14.2. The first-order valence-electron chi connectivity index (χ1n) is 8.50. The molecule has 1 aliphatic heterocycles. The van der Waals surface area contributed by atoms with Gasteiger partial charge in [0.1, 0.15) is 5.82 Å². The molecule has 0 radical (unpaired) electrons. The monoisotopic (exact) mass is 340 g/mol. The van der Waals surface area contributed by atoms with E-state index >= 15 is 0 Å². The quantitative estimate of drug-likeness (QED) is 0.879. The summed E-state index contributed by atoms with van der Waals surface area (Å²) in [6.07, 6.45) is 6.44. The zero-order valence-electron chi connectivity index (χ0n) is 13.4. The highest BCUT2D eigenvalue weighted by Crippen LogP contribution is 2.36. The molecule has 3 nitrogen and oxygen atoms in total. The lowest BCUT2D eigenvalue weighted by Gasteiger charge is -2.29. The van der Waals surface area contributed by atoms with Gasteiger partial charge in [-0.3, -0.25) is 4.79 Å². The molecule has 1 aliphatic carbocycles. The van der Waals surface area contributed by atoms with E-state index in [1.807, 2.05) is 6.07 Å². The summed E-state index contributed by atoms with van der Waals surface area (Å²) in [5, 5.41) is 6.53. The molecule has 2 fully saturated rings. The van der Waals surface area contributed by atoms with Crippen molar-refractivity contribution in [1.29, 1.82) is 0 Å². The molecule has 1 amide bonds. The van der Waals surface area contributed by atoms with Crippen LogP contribution in [0.2, 0.25) is 0 Å². The highest BCUT2D eigenvalue weighted by atomic mass is 35.5. The predicted octanol–water partition coefficient (Wildman–Crippen LogP) is 3.59. The highest BCUT2D eigenvalue weighted by molar-refractivity contribution is 5.85. The largest absolute Gasteiger partial charge is 0.349 e. The van der Waals surface area contributed by atoms with Crippen molar-refractivity contribution in [2.45, 2.75) is 44.6 Å². The van der Waals surface area contributed by atoms with Crippen LogP contribution in [-0.4, -0.2) is 19.0 Å². The Morgan fingerprint density at radius 3 is 2.52 bits per heavy atom. The summed E-state index contributed by atoms with van der Waals surface area (Å²) in [5.41, 5.74) is 0.911. The van der Waals surface area contributed by atoms with Crippen molar-refractivity contribution in [3.8, 4) is 0 Å². The summed E-state index contributed by atoms with van der Waals surface area (Å²) < 4.78 is 13.6. The van der Waals surface area contributed by atoms with Gasteiger partial charge in [0, 0.05) is 5.92 Å². The fourth-order valence-electron chi connectivity index (χ4n) is 3.82. The van der Waals surface area contributed by atoms with Gasteiger partial charge in [-0.2, -0.15) is 0 Å². The first kappa shape index (κ1) is 18.2. The number of amides is 1. The van der Waals surface area contributed by atoms with Gasteiger partial charge in [-0.25, -0.2) is 4.39 Å². The van der Waals surface area contributed by atoms with E-state index in [0.717, 1.165) is 44.3 Å². The Morgan fingerprint density at radius 1 is 1.17 bits per heavy atom. The van der Waals surface area contributed by atoms with E-state index in [4.69, 9.17) is 0 Å². The molecule has 1 saturated carbocycles. The van der Waals surface area contributed by atoms with Crippen molar-refractivity contribution < 1.29 is 9.18 Å². The summed E-state index contributed by atoms with van der Waals surface area (Å²) in [4.78, 5) is 12.6. The summed E-state index contributed by atoms with van der Waals surface area (Å²) in [6.45, 7) is 1.82. The number of nitrogens with one attached hydrogen (secondary N) is 2. The van der Waals surface area contributed by atoms with Crippen LogP contribution in [0.5, 0.6) is 0 Å². The topological polar surface area (TPSA) is 41.1 Å². The minimum absolute atomic E-state index is 0. The van der Waals surface area contributed by atoms with Gasteiger partial charge >= 0.3 is 0 Å². The van der Waals surface area contributed by atoms with Gasteiger partial charge in [0.05, 0.1) is 6.04 Å². The molecule has 128 valence electrons. The van der Waals surface area contributed by atoms with Gasteiger partial charge in [0.2, 0.25) is 5.91 Å². The molecule has 1 unspecified atom stereocenters. The fourth-order valence-corrected chi connectivity index (χ4v) is 3.82. The Hall–Kier alpha value is -1.13. The van der Waals surface area contributed by atoms with Gasteiger partial charge in [-0.15, -0.1) is 12.4 Å². The van der Waals surface area contributed by atoms with Crippen LogP contribution >= 0.6 is 12.4 Å². The van der Waals surface area contributed by atoms with E-state index in [2.05, 4.69) is 10.6 Å². The third-order valence-corrected chi connectivity index (χ3v) is 5.09. The van der Waals surface area contributed by atoms with Gasteiger partial charge in [-0.05, 0) is 62.4 Å². The third-order valence-electron chi connectivity index (χ3n) is 5.09. The first-order valence-corrected chi connectivity index (χ1v) is 8.50. The van der Waals surface area contributed by atoms with Gasteiger partial charge in [-0.1, -0.05) is 25.0 Å². The molecular weight excluding hydrogens is 315 g/mol. The lowest BCUT2D eigenvalue weighted by Crippen LogP contribution is -2.41. The normalized spacial score (nSPS) is 20.7. The molecule has 23 heavy (non-hydrogen) atoms. The Balaban J connectivity index is 0.00000192. The molecule has 1 heterocycles. The van der Waals surface area contributed by atoms with Crippen LogP contribution in [0.1, 0.15) is 50.1 Å². The number of piperidine rings is 1. The number of halogens is 2. The van der Waals surface area contributed by atoms with Crippen LogP contribution in [0.4, 0.5) is 4.39 Å². The lowest BCUT2D eigenvalue weighted by molar-refractivity contribution is -0.126. The Kier molecular flexibility index (Phi) is 6.85. The molecule has 0 bridgehead atoms. The second-order valence-corrected chi connectivity index (χ2v) is 6.61. The lowest BCUT2D eigenvalue weighted by atomic mass is 9.90. The van der Waals surface area contributed by atoms with Crippen LogP contribution in [0.3, 0.4) is 0 Å². The number of carbonyl (C=O) groups is 1. The summed E-state index contributed by atoms with van der Waals surface area (Å²) in [5.74, 6) is 0.449. The maximum Gasteiger partial charge on any atom is 0.223 e. The van der Waals surface area contributed by atoms with Crippen LogP contribution in [0, 0.1) is 17.7 Å². The third kappa shape index (κ3) is 4.67. The molecule has 1 aromatic carbocycles. The summed E-state index contributed by atoms with van der Waals surface area (Å²) in [6, 6.07) is 6.67. The maximum absolute atomic E-state index is 13.6. The average molecular weight is 341 g/mol. The first-order chi connectivity index (χ1) is 10.7. The van der Waals surface area contributed by atoms with Crippen molar-refractivity contribution in [3.63, 3.8) is 0 Å². The van der Waals surface area contributed by atoms with Crippen LogP contribution < -0.4 is 10.6 Å². The second-order valence-electron chi connectivity index (χ2n) is 6.61. The van der Waals surface area contributed by atoms with Crippen LogP contribution in [-0.2, 0) is 4.79 Å². The summed E-state index contributed by atoms with van der Waals surface area (Å²) in [7, 11) is 0. The second kappa shape index (κ2) is 8.65. The molecule has 1 atom stereocenters. The molecular formula is C18H26ClFN2O. The van der Waals surface area contributed by atoms with E-state index < -0.39 is 0 Å². The molecule has 2 aliphatic rings. The van der Waals surface area contributed by atoms with Crippen LogP contribution in [0.15, 0.2) is 24.3 Å². The smallest absolute Gasteiger partial charge is 0.223 e. The van der Waals surface area contributed by atoms with E-state index in [9.17, 15) is 9.18 Å². The van der Waals surface area contributed by atoms with E-state index in [1.165, 1.54) is 18.9 Å². The number of carbonyl (C=O) groups excluding carboxylic acids is 1. The van der Waals surface area contributed by atoms with Gasteiger partial charge in [0.25, 0.3) is 0 Å². The number of hydrogen-bond acceptors (Lipinski definition) is 2. The van der Waals surface area contributed by atoms with Crippen molar-refractivity contribution >= 4 is 18.3 Å². The Morgan fingerprint density at radius 2 is 1.87 bits per heavy atom. The molecule has 5 heteroatoms. The Bertz CT molecular complexity index is 513. The van der Waals surface area contributed by atoms with E-state index in [-0.39, 0.29) is 36.1 Å². The minimum atomic E-state index is -0.225. The van der Waals surface area contributed by atoms with E-state index in [0.29, 0.717) is 5.92 Å². The molecule has 3 rings (SSSR count). The molecule has 2 N–H and O–H groups in total. The molecule has 0 aromatic heterocycles. The van der Waals surface area contributed by atoms with Crippen molar-refractivity contribution in [1.82, 2.24) is 10.6 Å². The molecule has 1 saturated heterocycles. The van der Waals surface area contributed by atoms with Crippen molar-refractivity contribution in [2.24, 2.45) is 11.8 Å². The average Bonchev–Trinajstić information content (AvgIpc) is 3.07. The standard InChI is InChI=1S/C18H25FN2O.ClH/c19-16-7-3-6-15(12-16)17(13-4-1-2-5-13)21-18(22)14-8-10-20-11-9-14;/h3,6-7,12-14,17,20H,1-2,4-5,8-11H2,(H,21,22);1H. The SMILES string of the molecule is Cl.O=C(NC(c1cccc(F)c1)C1CCCC1)C1CCNCC1. The number of hydrogen-bond donors (Lipinski definition) is 2. The van der Waals surface area contributed by atoms with Crippen LogP contribution in [0.25, 0.3) is 0 Å². The number of benzene rings is 1. The molecule has 1 aromatic rings. The predicted molar refractivity (Wildman–Crippen MR) is 92.1 cm³/mol.